The Kier molecular flexibility index (Phi) is 5.69. The van der Waals surface area contributed by atoms with Gasteiger partial charge in [-0.2, -0.15) is 0 Å². The van der Waals surface area contributed by atoms with E-state index < -0.39 is 0 Å². The molecule has 0 saturated carbocycles. The number of ether oxygens (including phenoxy) is 1. The summed E-state index contributed by atoms with van der Waals surface area (Å²) in [4.78, 5) is 15.1. The topological polar surface area (TPSA) is 53.5 Å². The molecule has 1 unspecified atom stereocenters. The molecule has 0 radical (unpaired) electrons. The highest BCUT2D eigenvalue weighted by Crippen LogP contribution is 2.33. The van der Waals surface area contributed by atoms with Gasteiger partial charge in [0.2, 0.25) is 0 Å². The van der Waals surface area contributed by atoms with Crippen molar-refractivity contribution in [3.63, 3.8) is 0 Å². The molecule has 0 fully saturated rings. The van der Waals surface area contributed by atoms with Gasteiger partial charge in [0.15, 0.2) is 0 Å². The third kappa shape index (κ3) is 4.06. The predicted molar refractivity (Wildman–Crippen MR) is 143 cm³/mol. The van der Waals surface area contributed by atoms with Gasteiger partial charge in [-0.05, 0) is 70.7 Å². The second-order valence-corrected chi connectivity index (χ2v) is 10.0. The lowest BCUT2D eigenvalue weighted by Gasteiger charge is -2.29. The number of halogens is 1. The smallest absolute Gasteiger partial charge is 0.124 e. The number of benzene rings is 3. The number of aromatic nitrogens is 2. The molecule has 3 aromatic carbocycles. The van der Waals surface area contributed by atoms with Crippen molar-refractivity contribution in [2.45, 2.75) is 26.8 Å². The molecule has 4 aromatic rings. The van der Waals surface area contributed by atoms with Crippen LogP contribution in [-0.4, -0.2) is 28.0 Å². The number of aromatic amines is 1. The lowest BCUT2D eigenvalue weighted by atomic mass is 9.97. The normalized spacial score (nSPS) is 17.3. The quantitative estimate of drug-likeness (QED) is 0.384. The Hall–Kier alpha value is -3.38. The fourth-order valence-electron chi connectivity index (χ4n) is 5.20. The van der Waals surface area contributed by atoms with Crippen LogP contribution in [-0.2, 0) is 6.54 Å². The van der Waals surface area contributed by atoms with Crippen molar-refractivity contribution in [2.75, 3.05) is 13.2 Å². The monoisotopic (exact) mass is 526 g/mol. The SMILES string of the molecule is CCC1C=CN=c2c(Br)cccc2=C1N1CCOc2ccc(-c3ccc4nc(C)[nH]c4c3)cc2C1. The first kappa shape index (κ1) is 22.1. The van der Waals surface area contributed by atoms with Crippen LogP contribution in [0.1, 0.15) is 24.7 Å². The molecule has 0 saturated heterocycles. The molecule has 1 aromatic heterocycles. The highest BCUT2D eigenvalue weighted by atomic mass is 79.9. The standard InChI is InChI=1S/C29H27BrN4O/c1-3-19-11-12-31-28-23(5-4-6-24(28)30)29(19)34-13-14-35-27-10-8-20(15-22(27)17-34)21-7-9-25-26(16-21)33-18(2)32-25/h4-12,15-16,19H,3,13-14,17H2,1-2H3,(H,32,33). The van der Waals surface area contributed by atoms with E-state index in [0.717, 1.165) is 51.9 Å². The van der Waals surface area contributed by atoms with Crippen molar-refractivity contribution < 1.29 is 4.74 Å². The van der Waals surface area contributed by atoms with E-state index in [4.69, 9.17) is 9.73 Å². The summed E-state index contributed by atoms with van der Waals surface area (Å²) in [6.45, 7) is 6.50. The highest BCUT2D eigenvalue weighted by molar-refractivity contribution is 9.10. The minimum atomic E-state index is 0.296. The van der Waals surface area contributed by atoms with Crippen molar-refractivity contribution in [3.05, 3.63) is 93.3 Å². The number of hydrogen-bond donors (Lipinski definition) is 1. The molecule has 0 amide bonds. The number of fused-ring (bicyclic) bond motifs is 3. The number of rotatable bonds is 3. The van der Waals surface area contributed by atoms with Crippen molar-refractivity contribution >= 4 is 32.7 Å². The Balaban J connectivity index is 1.44. The summed E-state index contributed by atoms with van der Waals surface area (Å²) in [6, 6.07) is 19.3. The molecule has 2 aliphatic heterocycles. The van der Waals surface area contributed by atoms with Gasteiger partial charge in [0.25, 0.3) is 0 Å². The Labute approximate surface area is 213 Å². The van der Waals surface area contributed by atoms with Crippen LogP contribution in [0.15, 0.2) is 76.3 Å². The van der Waals surface area contributed by atoms with Crippen molar-refractivity contribution in [3.8, 4) is 16.9 Å². The van der Waals surface area contributed by atoms with E-state index in [1.54, 1.807) is 0 Å². The summed E-state index contributed by atoms with van der Waals surface area (Å²) in [5.41, 5.74) is 6.92. The summed E-state index contributed by atoms with van der Waals surface area (Å²) >= 11 is 3.71. The fourth-order valence-corrected chi connectivity index (χ4v) is 5.66. The van der Waals surface area contributed by atoms with E-state index in [-0.39, 0.29) is 0 Å². The minimum absolute atomic E-state index is 0.296. The maximum atomic E-state index is 6.22. The molecule has 0 spiro atoms. The zero-order chi connectivity index (χ0) is 23.9. The summed E-state index contributed by atoms with van der Waals surface area (Å²) in [6.07, 6.45) is 5.20. The number of nitrogens with one attached hydrogen (secondary N) is 1. The number of imidazole rings is 1. The van der Waals surface area contributed by atoms with Crippen molar-refractivity contribution in [2.24, 2.45) is 10.9 Å². The summed E-state index contributed by atoms with van der Waals surface area (Å²) in [5, 5.41) is 2.19. The van der Waals surface area contributed by atoms with Gasteiger partial charge in [-0.3, -0.25) is 4.99 Å². The molecule has 2 aliphatic rings. The number of aryl methyl sites for hydroxylation is 1. The molecule has 3 heterocycles. The van der Waals surface area contributed by atoms with Crippen LogP contribution in [0.2, 0.25) is 0 Å². The van der Waals surface area contributed by atoms with Gasteiger partial charge in [-0.1, -0.05) is 37.3 Å². The number of para-hydroxylation sites is 1. The maximum Gasteiger partial charge on any atom is 0.124 e. The first-order valence-corrected chi connectivity index (χ1v) is 12.9. The zero-order valence-electron chi connectivity index (χ0n) is 19.9. The molecule has 0 bridgehead atoms. The first-order chi connectivity index (χ1) is 17.1. The Morgan fingerprint density at radius 1 is 1.11 bits per heavy atom. The van der Waals surface area contributed by atoms with Crippen LogP contribution >= 0.6 is 15.9 Å². The van der Waals surface area contributed by atoms with Gasteiger partial charge in [0.05, 0.1) is 22.9 Å². The molecule has 1 N–H and O–H groups in total. The summed E-state index contributed by atoms with van der Waals surface area (Å²) < 4.78 is 7.24. The van der Waals surface area contributed by atoms with Crippen LogP contribution < -0.4 is 15.3 Å². The van der Waals surface area contributed by atoms with Gasteiger partial charge < -0.3 is 14.6 Å². The number of hydrogen-bond acceptors (Lipinski definition) is 4. The Morgan fingerprint density at radius 2 is 1.97 bits per heavy atom. The largest absolute Gasteiger partial charge is 0.491 e. The second kappa shape index (κ2) is 9.00. The third-order valence-corrected chi connectivity index (χ3v) is 7.53. The van der Waals surface area contributed by atoms with Crippen molar-refractivity contribution in [1.29, 1.82) is 0 Å². The first-order valence-electron chi connectivity index (χ1n) is 12.1. The fraction of sp³-hybridized carbons (Fsp3) is 0.241. The molecule has 176 valence electrons. The van der Waals surface area contributed by atoms with E-state index in [2.05, 4.69) is 98.4 Å². The van der Waals surface area contributed by atoms with E-state index in [1.165, 1.54) is 27.6 Å². The van der Waals surface area contributed by atoms with Crippen molar-refractivity contribution in [1.82, 2.24) is 14.9 Å². The van der Waals surface area contributed by atoms with Crippen LogP contribution in [0.4, 0.5) is 0 Å². The van der Waals surface area contributed by atoms with Crippen LogP contribution in [0.5, 0.6) is 5.75 Å². The molecule has 35 heavy (non-hydrogen) atoms. The van der Waals surface area contributed by atoms with E-state index in [9.17, 15) is 0 Å². The zero-order valence-corrected chi connectivity index (χ0v) is 21.5. The molecule has 5 nitrogen and oxygen atoms in total. The minimum Gasteiger partial charge on any atom is -0.491 e. The van der Waals surface area contributed by atoms with Crippen LogP contribution in [0.3, 0.4) is 0 Å². The average Bonchev–Trinajstić information content (AvgIpc) is 3.01. The molecular formula is C29H27BrN4O. The molecule has 1 atom stereocenters. The Bertz CT molecular complexity index is 1590. The van der Waals surface area contributed by atoms with E-state index in [0.29, 0.717) is 12.5 Å². The van der Waals surface area contributed by atoms with Crippen LogP contribution in [0, 0.1) is 12.8 Å². The van der Waals surface area contributed by atoms with Gasteiger partial charge in [-0.15, -0.1) is 0 Å². The van der Waals surface area contributed by atoms with Gasteiger partial charge in [0, 0.05) is 39.6 Å². The van der Waals surface area contributed by atoms with Gasteiger partial charge in [0.1, 0.15) is 18.2 Å². The highest BCUT2D eigenvalue weighted by Gasteiger charge is 2.24. The van der Waals surface area contributed by atoms with Gasteiger partial charge >= 0.3 is 0 Å². The summed E-state index contributed by atoms with van der Waals surface area (Å²) in [5.74, 6) is 2.19. The lowest BCUT2D eigenvalue weighted by molar-refractivity contribution is 0.275. The average molecular weight is 527 g/mol. The van der Waals surface area contributed by atoms with Crippen LogP contribution in [0.25, 0.3) is 27.9 Å². The molecule has 6 heteroatoms. The number of nitrogens with zero attached hydrogens (tertiary/aromatic N) is 3. The third-order valence-electron chi connectivity index (χ3n) is 6.89. The predicted octanol–water partition coefficient (Wildman–Crippen LogP) is 5.48. The van der Waals surface area contributed by atoms with E-state index in [1.807, 2.05) is 13.1 Å². The molecule has 6 rings (SSSR count). The summed E-state index contributed by atoms with van der Waals surface area (Å²) in [7, 11) is 0. The Morgan fingerprint density at radius 3 is 2.86 bits per heavy atom. The van der Waals surface area contributed by atoms with Gasteiger partial charge in [-0.25, -0.2) is 4.98 Å². The van der Waals surface area contributed by atoms with E-state index >= 15 is 0 Å². The second-order valence-electron chi connectivity index (χ2n) is 9.15. The maximum absolute atomic E-state index is 6.22. The molecule has 0 aliphatic carbocycles. The number of H-pyrrole nitrogens is 1. The lowest BCUT2D eigenvalue weighted by Crippen LogP contribution is -2.38. The molecular weight excluding hydrogens is 500 g/mol.